The molecule has 5 heteroatoms. The van der Waals surface area contributed by atoms with Gasteiger partial charge in [-0.25, -0.2) is 4.79 Å². The van der Waals surface area contributed by atoms with Gasteiger partial charge in [0.2, 0.25) is 0 Å². The van der Waals surface area contributed by atoms with Crippen LogP contribution in [0, 0.1) is 0 Å². The first-order valence-electron chi connectivity index (χ1n) is 4.91. The number of anilines is 1. The normalized spacial score (nSPS) is 11.0. The van der Waals surface area contributed by atoms with E-state index in [1.54, 1.807) is 18.3 Å². The molecule has 0 fully saturated rings. The predicted octanol–water partition coefficient (Wildman–Crippen LogP) is 3.17. The monoisotopic (exact) mass is 242 g/mol. The van der Waals surface area contributed by atoms with E-state index >= 15 is 0 Å². The van der Waals surface area contributed by atoms with E-state index in [9.17, 15) is 4.79 Å². The minimum absolute atomic E-state index is 0.309. The number of carbonyl (C=O) groups excluding carboxylic acids is 1. The first-order chi connectivity index (χ1) is 7.40. The van der Waals surface area contributed by atoms with E-state index in [2.05, 4.69) is 10.3 Å². The summed E-state index contributed by atoms with van der Waals surface area (Å²) >= 11 is 5.64. The lowest BCUT2D eigenvalue weighted by Crippen LogP contribution is -2.27. The molecule has 0 saturated heterocycles. The number of hydrogen-bond donors (Lipinski definition) is 1. The summed E-state index contributed by atoms with van der Waals surface area (Å²) in [6.07, 6.45) is 1.10. The van der Waals surface area contributed by atoms with Gasteiger partial charge < -0.3 is 4.74 Å². The van der Waals surface area contributed by atoms with Crippen molar-refractivity contribution in [2.24, 2.45) is 0 Å². The van der Waals surface area contributed by atoms with Crippen molar-refractivity contribution in [3.63, 3.8) is 0 Å². The van der Waals surface area contributed by atoms with Gasteiger partial charge in [0.15, 0.2) is 0 Å². The van der Waals surface area contributed by atoms with Crippen LogP contribution in [-0.2, 0) is 10.6 Å². The van der Waals surface area contributed by atoms with Gasteiger partial charge in [0.25, 0.3) is 0 Å². The molecule has 0 unspecified atom stereocenters. The third kappa shape index (κ3) is 4.49. The van der Waals surface area contributed by atoms with Gasteiger partial charge in [-0.15, -0.1) is 11.6 Å². The molecule has 16 heavy (non-hydrogen) atoms. The van der Waals surface area contributed by atoms with E-state index in [0.29, 0.717) is 17.3 Å². The van der Waals surface area contributed by atoms with E-state index in [0.717, 1.165) is 0 Å². The Labute approximate surface area is 100.0 Å². The number of alkyl halides is 1. The largest absolute Gasteiger partial charge is 0.444 e. The van der Waals surface area contributed by atoms with Gasteiger partial charge in [0.05, 0.1) is 11.6 Å². The van der Waals surface area contributed by atoms with Crippen molar-refractivity contribution in [1.82, 2.24) is 4.98 Å². The second-order valence-electron chi connectivity index (χ2n) is 4.30. The third-order valence-electron chi connectivity index (χ3n) is 1.60. The zero-order chi connectivity index (χ0) is 12.2. The van der Waals surface area contributed by atoms with Gasteiger partial charge in [-0.1, -0.05) is 0 Å². The summed E-state index contributed by atoms with van der Waals surface area (Å²) in [5.74, 6) is 0.309. The third-order valence-corrected chi connectivity index (χ3v) is 1.87. The fourth-order valence-electron chi connectivity index (χ4n) is 1.05. The molecule has 88 valence electrons. The molecular weight excluding hydrogens is 228 g/mol. The van der Waals surface area contributed by atoms with Gasteiger partial charge in [-0.05, 0) is 32.9 Å². The summed E-state index contributed by atoms with van der Waals surface area (Å²) in [7, 11) is 0. The van der Waals surface area contributed by atoms with Crippen LogP contribution in [0.3, 0.4) is 0 Å². The minimum atomic E-state index is -0.508. The molecule has 0 aliphatic heterocycles. The Morgan fingerprint density at radius 1 is 1.56 bits per heavy atom. The molecule has 1 aromatic heterocycles. The molecule has 0 saturated carbocycles. The van der Waals surface area contributed by atoms with Crippen LogP contribution in [0.5, 0.6) is 0 Å². The minimum Gasteiger partial charge on any atom is -0.444 e. The number of rotatable bonds is 2. The van der Waals surface area contributed by atoms with E-state index in [1.807, 2.05) is 20.8 Å². The number of hydrogen-bond acceptors (Lipinski definition) is 3. The fraction of sp³-hybridized carbons (Fsp3) is 0.455. The quantitative estimate of drug-likeness (QED) is 0.811. The summed E-state index contributed by atoms with van der Waals surface area (Å²) in [5, 5.41) is 2.61. The van der Waals surface area contributed by atoms with E-state index < -0.39 is 11.7 Å². The standard InChI is InChI=1S/C11H15ClN2O2/c1-11(2,3)16-10(15)14-8-4-5-13-9(6-8)7-12/h4-6H,7H2,1-3H3,(H,13,14,15). The van der Waals surface area contributed by atoms with Crippen molar-refractivity contribution in [2.75, 3.05) is 5.32 Å². The topological polar surface area (TPSA) is 51.2 Å². The van der Waals surface area contributed by atoms with Crippen LogP contribution in [0.25, 0.3) is 0 Å². The molecular formula is C11H15ClN2O2. The highest BCUT2D eigenvalue weighted by Gasteiger charge is 2.16. The second kappa shape index (κ2) is 5.16. The van der Waals surface area contributed by atoms with Gasteiger partial charge in [0.1, 0.15) is 5.60 Å². The van der Waals surface area contributed by atoms with Crippen LogP contribution in [0.15, 0.2) is 18.3 Å². The molecule has 1 aromatic rings. The molecule has 0 aromatic carbocycles. The summed E-state index contributed by atoms with van der Waals surface area (Å²) < 4.78 is 5.11. The Morgan fingerprint density at radius 2 is 2.25 bits per heavy atom. The van der Waals surface area contributed by atoms with Gasteiger partial charge >= 0.3 is 6.09 Å². The predicted molar refractivity (Wildman–Crippen MR) is 63.7 cm³/mol. The molecule has 0 atom stereocenters. The maximum absolute atomic E-state index is 11.4. The van der Waals surface area contributed by atoms with Gasteiger partial charge in [-0.3, -0.25) is 10.3 Å². The van der Waals surface area contributed by atoms with E-state index in [4.69, 9.17) is 16.3 Å². The number of aromatic nitrogens is 1. The van der Waals surface area contributed by atoms with E-state index in [-0.39, 0.29) is 0 Å². The van der Waals surface area contributed by atoms with Crippen LogP contribution >= 0.6 is 11.6 Å². The Morgan fingerprint density at radius 3 is 2.81 bits per heavy atom. The first kappa shape index (κ1) is 12.8. The highest BCUT2D eigenvalue weighted by Crippen LogP contribution is 2.12. The summed E-state index contributed by atoms with van der Waals surface area (Å²) in [5.41, 5.74) is 0.821. The lowest BCUT2D eigenvalue weighted by molar-refractivity contribution is 0.0636. The molecule has 4 nitrogen and oxygen atoms in total. The van der Waals surface area contributed by atoms with E-state index in [1.165, 1.54) is 0 Å². The van der Waals surface area contributed by atoms with Gasteiger partial charge in [-0.2, -0.15) is 0 Å². The van der Waals surface area contributed by atoms with Crippen molar-refractivity contribution in [1.29, 1.82) is 0 Å². The first-order valence-corrected chi connectivity index (χ1v) is 5.45. The van der Waals surface area contributed by atoms with Crippen molar-refractivity contribution in [2.45, 2.75) is 32.3 Å². The average molecular weight is 243 g/mol. The zero-order valence-corrected chi connectivity index (χ0v) is 10.3. The van der Waals surface area contributed by atoms with Crippen LogP contribution in [-0.4, -0.2) is 16.7 Å². The number of nitrogens with one attached hydrogen (secondary N) is 1. The molecule has 0 spiro atoms. The Hall–Kier alpha value is -1.29. The molecule has 0 radical (unpaired) electrons. The summed E-state index contributed by atoms with van der Waals surface area (Å²) in [6, 6.07) is 3.39. The van der Waals surface area contributed by atoms with Gasteiger partial charge in [0, 0.05) is 11.9 Å². The highest BCUT2D eigenvalue weighted by atomic mass is 35.5. The maximum Gasteiger partial charge on any atom is 0.412 e. The average Bonchev–Trinajstić information content (AvgIpc) is 2.15. The maximum atomic E-state index is 11.4. The molecule has 1 amide bonds. The number of nitrogens with zero attached hydrogens (tertiary/aromatic N) is 1. The number of pyridine rings is 1. The molecule has 1 heterocycles. The smallest absolute Gasteiger partial charge is 0.412 e. The molecule has 1 N–H and O–H groups in total. The molecule has 1 rings (SSSR count). The second-order valence-corrected chi connectivity index (χ2v) is 4.56. The van der Waals surface area contributed by atoms with Crippen LogP contribution < -0.4 is 5.32 Å². The zero-order valence-electron chi connectivity index (χ0n) is 9.58. The molecule has 0 aliphatic rings. The number of carbonyl (C=O) groups is 1. The molecule has 0 bridgehead atoms. The van der Waals surface area contributed by atoms with Crippen molar-refractivity contribution in [3.05, 3.63) is 24.0 Å². The lowest BCUT2D eigenvalue weighted by Gasteiger charge is -2.19. The van der Waals surface area contributed by atoms with Crippen LogP contribution in [0.4, 0.5) is 10.5 Å². The number of halogens is 1. The Bertz CT molecular complexity index is 374. The lowest BCUT2D eigenvalue weighted by atomic mass is 10.2. The molecule has 0 aliphatic carbocycles. The Kier molecular flexibility index (Phi) is 4.12. The highest BCUT2D eigenvalue weighted by molar-refractivity contribution is 6.16. The Balaban J connectivity index is 2.62. The summed E-state index contributed by atoms with van der Waals surface area (Å²) in [4.78, 5) is 15.5. The van der Waals surface area contributed by atoms with Crippen LogP contribution in [0.1, 0.15) is 26.5 Å². The van der Waals surface area contributed by atoms with Crippen molar-refractivity contribution >= 4 is 23.4 Å². The summed E-state index contributed by atoms with van der Waals surface area (Å²) in [6.45, 7) is 5.43. The fourth-order valence-corrected chi connectivity index (χ4v) is 1.20. The number of amides is 1. The van der Waals surface area contributed by atoms with Crippen LogP contribution in [0.2, 0.25) is 0 Å². The van der Waals surface area contributed by atoms with Crippen molar-refractivity contribution in [3.8, 4) is 0 Å². The SMILES string of the molecule is CC(C)(C)OC(=O)Nc1ccnc(CCl)c1. The number of ether oxygens (including phenoxy) is 1. The van der Waals surface area contributed by atoms with Crippen molar-refractivity contribution < 1.29 is 9.53 Å².